The van der Waals surface area contributed by atoms with Crippen LogP contribution in [-0.4, -0.2) is 68.5 Å². The van der Waals surface area contributed by atoms with Crippen molar-refractivity contribution in [3.8, 4) is 0 Å². The summed E-state index contributed by atoms with van der Waals surface area (Å²) in [6, 6.07) is -0.896. The van der Waals surface area contributed by atoms with E-state index in [-0.39, 0.29) is 19.1 Å². The standard InChI is InChI=1S/C43H85N2O6P/c1-6-8-10-12-14-16-18-20-21-22-23-24-25-27-29-31-33-35-37-43(47)44-41(40-51-52(48,49)50-39-38-45(3,4)5)42(46)36-34-32-30-28-26-19-17-15-13-11-9-7-2/h26,28,34,36,41-42,46H,6-25,27,29-33,35,37-40H2,1-5H3,(H-,44,47,48,49)/b28-26+,36-34+. The molecule has 52 heavy (non-hydrogen) atoms. The topological polar surface area (TPSA) is 108 Å². The number of unbranched alkanes of at least 4 members (excludes halogenated alkanes) is 24. The second-order valence-electron chi connectivity index (χ2n) is 16.0. The molecule has 3 unspecified atom stereocenters. The van der Waals surface area contributed by atoms with Crippen molar-refractivity contribution in [2.45, 2.75) is 206 Å². The second kappa shape index (κ2) is 35.7. The molecule has 0 spiro atoms. The summed E-state index contributed by atoms with van der Waals surface area (Å²) in [6.45, 7) is 4.61. The number of rotatable bonds is 39. The first-order valence-corrected chi connectivity index (χ1v) is 23.2. The Hall–Kier alpha value is -1.02. The first-order chi connectivity index (χ1) is 25.0. The molecule has 0 aliphatic carbocycles. The zero-order chi connectivity index (χ0) is 38.6. The highest BCUT2D eigenvalue weighted by Crippen LogP contribution is 2.38. The van der Waals surface area contributed by atoms with Gasteiger partial charge in [-0.2, -0.15) is 0 Å². The predicted molar refractivity (Wildman–Crippen MR) is 219 cm³/mol. The maximum atomic E-state index is 12.8. The normalized spacial score (nSPS) is 14.7. The van der Waals surface area contributed by atoms with E-state index in [1.165, 1.54) is 135 Å². The molecule has 1 amide bonds. The molecule has 8 nitrogen and oxygen atoms in total. The van der Waals surface area contributed by atoms with E-state index < -0.39 is 20.0 Å². The quantitative estimate of drug-likeness (QED) is 0.0280. The fourth-order valence-electron chi connectivity index (χ4n) is 6.17. The molecule has 0 aromatic carbocycles. The number of allylic oxidation sites excluding steroid dienone is 3. The van der Waals surface area contributed by atoms with Gasteiger partial charge in [-0.1, -0.05) is 179 Å². The highest BCUT2D eigenvalue weighted by atomic mass is 31.2. The second-order valence-corrected chi connectivity index (χ2v) is 17.5. The van der Waals surface area contributed by atoms with E-state index >= 15 is 0 Å². The Kier molecular flexibility index (Phi) is 35.0. The van der Waals surface area contributed by atoms with E-state index in [2.05, 4.69) is 31.3 Å². The molecule has 0 bridgehead atoms. The molecule has 0 aromatic rings. The number of phosphoric acid groups is 1. The lowest BCUT2D eigenvalue weighted by Crippen LogP contribution is -2.45. The van der Waals surface area contributed by atoms with Gasteiger partial charge < -0.3 is 28.8 Å². The zero-order valence-electron chi connectivity index (χ0n) is 34.8. The van der Waals surface area contributed by atoms with Crippen molar-refractivity contribution < 1.29 is 32.9 Å². The maximum Gasteiger partial charge on any atom is 0.268 e. The fourth-order valence-corrected chi connectivity index (χ4v) is 6.89. The van der Waals surface area contributed by atoms with Crippen LogP contribution in [0.1, 0.15) is 194 Å². The van der Waals surface area contributed by atoms with E-state index in [9.17, 15) is 19.4 Å². The number of hydrogen-bond donors (Lipinski definition) is 2. The van der Waals surface area contributed by atoms with Crippen LogP contribution in [0.15, 0.2) is 24.3 Å². The first kappa shape index (κ1) is 51.0. The number of amides is 1. The van der Waals surface area contributed by atoms with Gasteiger partial charge in [-0.3, -0.25) is 9.36 Å². The van der Waals surface area contributed by atoms with Crippen molar-refractivity contribution in [3.63, 3.8) is 0 Å². The summed E-state index contributed by atoms with van der Waals surface area (Å²) in [4.78, 5) is 25.2. The number of quaternary nitrogens is 1. The largest absolute Gasteiger partial charge is 0.756 e. The van der Waals surface area contributed by atoms with Crippen molar-refractivity contribution in [2.24, 2.45) is 0 Å². The number of carbonyl (C=O) groups is 1. The summed E-state index contributed by atoms with van der Waals surface area (Å²) in [6.07, 6.45) is 40.8. The summed E-state index contributed by atoms with van der Waals surface area (Å²) in [5, 5.41) is 13.7. The molecule has 3 atom stereocenters. The van der Waals surface area contributed by atoms with Gasteiger partial charge in [-0.25, -0.2) is 0 Å². The van der Waals surface area contributed by atoms with Gasteiger partial charge in [0, 0.05) is 6.42 Å². The number of carbonyl (C=O) groups excluding carboxylic acids is 1. The summed E-state index contributed by atoms with van der Waals surface area (Å²) in [5.41, 5.74) is 0. The highest BCUT2D eigenvalue weighted by molar-refractivity contribution is 7.45. The Morgan fingerprint density at radius 2 is 1.08 bits per heavy atom. The smallest absolute Gasteiger partial charge is 0.268 e. The van der Waals surface area contributed by atoms with Crippen LogP contribution in [0.4, 0.5) is 0 Å². The Morgan fingerprint density at radius 1 is 0.654 bits per heavy atom. The van der Waals surface area contributed by atoms with Gasteiger partial charge in [0.2, 0.25) is 5.91 Å². The molecule has 0 aliphatic rings. The SMILES string of the molecule is CCCCCCCC/C=C/CC/C=C/C(O)C(COP(=O)([O-])OCC[N+](C)(C)C)NC(=O)CCCCCCCCCCCCCCCCCCCC. The fraction of sp³-hybridized carbons (Fsp3) is 0.884. The van der Waals surface area contributed by atoms with Crippen molar-refractivity contribution >= 4 is 13.7 Å². The third kappa shape index (κ3) is 37.3. The average molecular weight is 757 g/mol. The van der Waals surface area contributed by atoms with Gasteiger partial charge in [0.15, 0.2) is 0 Å². The number of phosphoric ester groups is 1. The van der Waals surface area contributed by atoms with Crippen LogP contribution < -0.4 is 10.2 Å². The van der Waals surface area contributed by atoms with Gasteiger partial charge in [-0.05, 0) is 32.1 Å². The third-order valence-electron chi connectivity index (χ3n) is 9.66. The molecule has 0 rings (SSSR count). The number of aliphatic hydroxyl groups excluding tert-OH is 1. The number of nitrogens with one attached hydrogen (secondary N) is 1. The zero-order valence-corrected chi connectivity index (χ0v) is 35.7. The molecular weight excluding hydrogens is 671 g/mol. The van der Waals surface area contributed by atoms with Crippen molar-refractivity contribution in [3.05, 3.63) is 24.3 Å². The lowest BCUT2D eigenvalue weighted by Gasteiger charge is -2.29. The molecule has 0 heterocycles. The molecule has 0 saturated heterocycles. The van der Waals surface area contributed by atoms with E-state index in [1.54, 1.807) is 6.08 Å². The molecule has 2 N–H and O–H groups in total. The number of hydrogen-bond acceptors (Lipinski definition) is 6. The molecule has 308 valence electrons. The highest BCUT2D eigenvalue weighted by Gasteiger charge is 2.23. The van der Waals surface area contributed by atoms with Gasteiger partial charge in [0.05, 0.1) is 39.9 Å². The minimum atomic E-state index is -4.59. The van der Waals surface area contributed by atoms with Crippen molar-refractivity contribution in [2.75, 3.05) is 40.9 Å². The Balaban J connectivity index is 4.40. The predicted octanol–water partition coefficient (Wildman–Crippen LogP) is 11.1. The molecule has 0 aliphatic heterocycles. The van der Waals surface area contributed by atoms with Crippen LogP contribution in [0.2, 0.25) is 0 Å². The van der Waals surface area contributed by atoms with E-state index in [0.29, 0.717) is 17.4 Å². The number of nitrogens with zero attached hydrogens (tertiary/aromatic N) is 1. The Labute approximate surface area is 322 Å². The molecule has 9 heteroatoms. The van der Waals surface area contributed by atoms with Gasteiger partial charge in [0.1, 0.15) is 13.2 Å². The molecule has 0 radical (unpaired) electrons. The molecular formula is C43H85N2O6P. The summed E-state index contributed by atoms with van der Waals surface area (Å²) < 4.78 is 23.1. The lowest BCUT2D eigenvalue weighted by molar-refractivity contribution is -0.870. The third-order valence-corrected chi connectivity index (χ3v) is 10.6. The van der Waals surface area contributed by atoms with Crippen LogP contribution in [0.3, 0.4) is 0 Å². The first-order valence-electron chi connectivity index (χ1n) is 21.7. The maximum absolute atomic E-state index is 12.8. The van der Waals surface area contributed by atoms with Crippen LogP contribution in [0.5, 0.6) is 0 Å². The Bertz CT molecular complexity index is 907. The van der Waals surface area contributed by atoms with E-state index in [0.717, 1.165) is 38.5 Å². The minimum Gasteiger partial charge on any atom is -0.756 e. The number of aliphatic hydroxyl groups is 1. The molecule has 0 aromatic heterocycles. The monoisotopic (exact) mass is 757 g/mol. The van der Waals surface area contributed by atoms with Crippen LogP contribution in [0, 0.1) is 0 Å². The van der Waals surface area contributed by atoms with E-state index in [1.807, 2.05) is 27.2 Å². The summed E-state index contributed by atoms with van der Waals surface area (Å²) in [7, 11) is 1.25. The number of likely N-dealkylation sites (N-methyl/N-ethyl adjacent to an activating group) is 1. The minimum absolute atomic E-state index is 0.00447. The molecule has 0 fully saturated rings. The van der Waals surface area contributed by atoms with Crippen LogP contribution in [-0.2, 0) is 18.4 Å². The summed E-state index contributed by atoms with van der Waals surface area (Å²) >= 11 is 0. The lowest BCUT2D eigenvalue weighted by atomic mass is 10.0. The Morgan fingerprint density at radius 3 is 1.56 bits per heavy atom. The van der Waals surface area contributed by atoms with E-state index in [4.69, 9.17) is 9.05 Å². The van der Waals surface area contributed by atoms with Gasteiger partial charge >= 0.3 is 0 Å². The van der Waals surface area contributed by atoms with Crippen molar-refractivity contribution in [1.82, 2.24) is 5.32 Å². The van der Waals surface area contributed by atoms with Crippen molar-refractivity contribution in [1.29, 1.82) is 0 Å². The van der Waals surface area contributed by atoms with Crippen LogP contribution >= 0.6 is 7.82 Å². The van der Waals surface area contributed by atoms with Gasteiger partial charge in [-0.15, -0.1) is 0 Å². The van der Waals surface area contributed by atoms with Crippen LogP contribution in [0.25, 0.3) is 0 Å². The van der Waals surface area contributed by atoms with Gasteiger partial charge in [0.25, 0.3) is 7.82 Å². The average Bonchev–Trinajstić information content (AvgIpc) is 3.09. The summed E-state index contributed by atoms with van der Waals surface area (Å²) in [5.74, 6) is -0.207. The molecule has 0 saturated carbocycles.